The fourth-order valence-electron chi connectivity index (χ4n) is 1.04. The highest BCUT2D eigenvalue weighted by atomic mass is 16.1. The van der Waals surface area contributed by atoms with Gasteiger partial charge in [0.25, 0.3) is 0 Å². The number of hydrogen-bond donors (Lipinski definition) is 0. The van der Waals surface area contributed by atoms with E-state index < -0.39 is 0 Å². The van der Waals surface area contributed by atoms with Crippen LogP contribution in [0.25, 0.3) is 0 Å². The molecule has 0 saturated carbocycles. The minimum atomic E-state index is 0.415. The molecule has 0 aromatic carbocycles. The largest absolute Gasteiger partial charge is 0.303 e. The summed E-state index contributed by atoms with van der Waals surface area (Å²) in [7, 11) is 0. The quantitative estimate of drug-likeness (QED) is 0.560. The van der Waals surface area contributed by atoms with Crippen LogP contribution in [0.15, 0.2) is 0 Å². The Balaban J connectivity index is 3.71. The lowest BCUT2D eigenvalue weighted by Gasteiger charge is -2.24. The van der Waals surface area contributed by atoms with Crippen molar-refractivity contribution in [2.45, 2.75) is 32.7 Å². The first-order chi connectivity index (χ1) is 5.72. The summed E-state index contributed by atoms with van der Waals surface area (Å²) in [6, 6.07) is 2.51. The zero-order valence-electron chi connectivity index (χ0n) is 7.79. The molecule has 68 valence electrons. The average molecular weight is 168 g/mol. The van der Waals surface area contributed by atoms with Gasteiger partial charge in [0.1, 0.15) is 6.29 Å². The van der Waals surface area contributed by atoms with E-state index in [9.17, 15) is 4.79 Å². The molecule has 12 heavy (non-hydrogen) atoms. The maximum absolute atomic E-state index is 10.1. The minimum absolute atomic E-state index is 0.415. The molecule has 0 aliphatic heterocycles. The number of hydrogen-bond acceptors (Lipinski definition) is 3. The molecule has 3 heteroatoms. The molecule has 0 aromatic rings. The molecular formula is C9H16N2O. The summed E-state index contributed by atoms with van der Waals surface area (Å²) in [5.74, 6) is 0. The number of carbonyl (C=O) groups excluding carboxylic acids is 1. The molecule has 0 aliphatic rings. The van der Waals surface area contributed by atoms with Gasteiger partial charge in [-0.05, 0) is 13.8 Å². The Bertz CT molecular complexity index is 160. The van der Waals surface area contributed by atoms with E-state index in [4.69, 9.17) is 5.26 Å². The Hall–Kier alpha value is -0.880. The van der Waals surface area contributed by atoms with Gasteiger partial charge in [0.15, 0.2) is 0 Å². The number of carbonyl (C=O) groups is 1. The molecule has 0 bridgehead atoms. The lowest BCUT2D eigenvalue weighted by atomic mass is 10.2. The molecule has 0 atom stereocenters. The van der Waals surface area contributed by atoms with E-state index in [1.54, 1.807) is 0 Å². The number of nitriles is 1. The first kappa shape index (κ1) is 11.1. The lowest BCUT2D eigenvalue weighted by Crippen LogP contribution is -2.32. The first-order valence-electron chi connectivity index (χ1n) is 4.27. The fraction of sp³-hybridized carbons (Fsp3) is 0.778. The zero-order chi connectivity index (χ0) is 9.40. The predicted molar refractivity (Wildman–Crippen MR) is 47.6 cm³/mol. The highest BCUT2D eigenvalue weighted by molar-refractivity contribution is 5.49. The summed E-state index contributed by atoms with van der Waals surface area (Å²) in [6.45, 7) is 5.68. The van der Waals surface area contributed by atoms with Gasteiger partial charge in [-0.25, -0.2) is 0 Å². The van der Waals surface area contributed by atoms with E-state index in [2.05, 4.69) is 24.8 Å². The normalized spacial score (nSPS) is 10.2. The van der Waals surface area contributed by atoms with E-state index in [-0.39, 0.29) is 0 Å². The zero-order valence-corrected chi connectivity index (χ0v) is 7.79. The Morgan fingerprint density at radius 2 is 2.17 bits per heavy atom. The minimum Gasteiger partial charge on any atom is -0.303 e. The van der Waals surface area contributed by atoms with Crippen LogP contribution in [0.2, 0.25) is 0 Å². The summed E-state index contributed by atoms with van der Waals surface area (Å²) in [4.78, 5) is 12.3. The van der Waals surface area contributed by atoms with Gasteiger partial charge >= 0.3 is 0 Å². The van der Waals surface area contributed by atoms with E-state index in [1.807, 2.05) is 0 Å². The Morgan fingerprint density at radius 1 is 1.50 bits per heavy atom. The Labute approximate surface area is 74.0 Å². The average Bonchev–Trinajstić information content (AvgIpc) is 2.04. The molecule has 0 radical (unpaired) electrons. The summed E-state index contributed by atoms with van der Waals surface area (Å²) < 4.78 is 0. The molecule has 0 N–H and O–H groups in total. The molecule has 3 nitrogen and oxygen atoms in total. The maximum atomic E-state index is 10.1. The van der Waals surface area contributed by atoms with Crippen LogP contribution in [-0.4, -0.2) is 30.3 Å². The second kappa shape index (κ2) is 6.81. The van der Waals surface area contributed by atoms with E-state index in [0.29, 0.717) is 18.9 Å². The van der Waals surface area contributed by atoms with Crippen molar-refractivity contribution in [3.63, 3.8) is 0 Å². The van der Waals surface area contributed by atoms with Crippen molar-refractivity contribution < 1.29 is 4.79 Å². The molecular weight excluding hydrogens is 152 g/mol. The van der Waals surface area contributed by atoms with Crippen LogP contribution < -0.4 is 0 Å². The number of rotatable bonds is 6. The van der Waals surface area contributed by atoms with Crippen molar-refractivity contribution in [3.05, 3.63) is 0 Å². The van der Waals surface area contributed by atoms with Crippen LogP contribution in [0.1, 0.15) is 26.7 Å². The SMILES string of the molecule is CC(C)N(CCC#N)CCC=O. The third-order valence-corrected chi connectivity index (χ3v) is 1.78. The van der Waals surface area contributed by atoms with Gasteiger partial charge in [0, 0.05) is 32.0 Å². The third kappa shape index (κ3) is 4.86. The van der Waals surface area contributed by atoms with Gasteiger partial charge in [-0.2, -0.15) is 5.26 Å². The van der Waals surface area contributed by atoms with Crippen LogP contribution in [0.5, 0.6) is 0 Å². The molecule has 0 spiro atoms. The molecule has 0 aliphatic carbocycles. The second-order valence-corrected chi connectivity index (χ2v) is 2.99. The monoisotopic (exact) mass is 168 g/mol. The van der Waals surface area contributed by atoms with Gasteiger partial charge in [0.2, 0.25) is 0 Å². The molecule has 0 fully saturated rings. The van der Waals surface area contributed by atoms with E-state index in [1.165, 1.54) is 0 Å². The van der Waals surface area contributed by atoms with Gasteiger partial charge < -0.3 is 4.79 Å². The highest BCUT2D eigenvalue weighted by Gasteiger charge is 2.07. The van der Waals surface area contributed by atoms with E-state index >= 15 is 0 Å². The molecule has 0 heterocycles. The standard InChI is InChI=1S/C9H16N2O/c1-9(2)11(6-3-5-10)7-4-8-12/h8-9H,3-4,6-7H2,1-2H3. The van der Waals surface area contributed by atoms with Gasteiger partial charge in [-0.3, -0.25) is 4.90 Å². The fourth-order valence-corrected chi connectivity index (χ4v) is 1.04. The van der Waals surface area contributed by atoms with Gasteiger partial charge in [-0.15, -0.1) is 0 Å². The van der Waals surface area contributed by atoms with Crippen LogP contribution in [0.3, 0.4) is 0 Å². The Kier molecular flexibility index (Phi) is 6.31. The van der Waals surface area contributed by atoms with E-state index in [0.717, 1.165) is 19.4 Å². The van der Waals surface area contributed by atoms with Crippen LogP contribution in [0, 0.1) is 11.3 Å². The van der Waals surface area contributed by atoms with Crippen LogP contribution in [0.4, 0.5) is 0 Å². The van der Waals surface area contributed by atoms with Gasteiger partial charge in [-0.1, -0.05) is 0 Å². The second-order valence-electron chi connectivity index (χ2n) is 2.99. The number of aldehydes is 1. The highest BCUT2D eigenvalue weighted by Crippen LogP contribution is 1.99. The van der Waals surface area contributed by atoms with Crippen molar-refractivity contribution in [3.8, 4) is 6.07 Å². The maximum Gasteiger partial charge on any atom is 0.121 e. The van der Waals surface area contributed by atoms with Gasteiger partial charge in [0.05, 0.1) is 6.07 Å². The van der Waals surface area contributed by atoms with Crippen LogP contribution in [-0.2, 0) is 4.79 Å². The first-order valence-corrected chi connectivity index (χ1v) is 4.27. The molecule has 0 aromatic heterocycles. The van der Waals surface area contributed by atoms with Crippen molar-refractivity contribution in [2.24, 2.45) is 0 Å². The van der Waals surface area contributed by atoms with Crippen LogP contribution >= 0.6 is 0 Å². The van der Waals surface area contributed by atoms with Crippen molar-refractivity contribution in [2.75, 3.05) is 13.1 Å². The molecule has 0 rings (SSSR count). The predicted octanol–water partition coefficient (Wildman–Crippen LogP) is 1.20. The topological polar surface area (TPSA) is 44.1 Å². The third-order valence-electron chi connectivity index (χ3n) is 1.78. The number of nitrogens with zero attached hydrogens (tertiary/aromatic N) is 2. The summed E-state index contributed by atoms with van der Waals surface area (Å²) >= 11 is 0. The smallest absolute Gasteiger partial charge is 0.121 e. The summed E-state index contributed by atoms with van der Waals surface area (Å²) in [5.41, 5.74) is 0. The van der Waals surface area contributed by atoms with Crippen molar-refractivity contribution in [1.29, 1.82) is 5.26 Å². The van der Waals surface area contributed by atoms with Crippen molar-refractivity contribution >= 4 is 6.29 Å². The summed E-state index contributed by atoms with van der Waals surface area (Å²) in [5, 5.41) is 8.38. The Morgan fingerprint density at radius 3 is 2.58 bits per heavy atom. The summed E-state index contributed by atoms with van der Waals surface area (Å²) in [6.07, 6.45) is 2.02. The van der Waals surface area contributed by atoms with Crippen molar-refractivity contribution in [1.82, 2.24) is 4.90 Å². The molecule has 0 amide bonds. The lowest BCUT2D eigenvalue weighted by molar-refractivity contribution is -0.108. The molecule has 0 saturated heterocycles. The molecule has 0 unspecified atom stereocenters.